The smallest absolute Gasteiger partial charge is 0.418 e. The van der Waals surface area contributed by atoms with Gasteiger partial charge in [0.05, 0.1) is 29.8 Å². The Bertz CT molecular complexity index is 972. The molecule has 0 spiro atoms. The van der Waals surface area contributed by atoms with Gasteiger partial charge in [0.1, 0.15) is 12.0 Å². The van der Waals surface area contributed by atoms with E-state index in [4.69, 9.17) is 9.15 Å². The lowest BCUT2D eigenvalue weighted by Crippen LogP contribution is -2.18. The predicted octanol–water partition coefficient (Wildman–Crippen LogP) is 5.24. The van der Waals surface area contributed by atoms with Gasteiger partial charge in [-0.25, -0.2) is 4.98 Å². The quantitative estimate of drug-likeness (QED) is 0.564. The van der Waals surface area contributed by atoms with Gasteiger partial charge in [0, 0.05) is 11.3 Å². The topological polar surface area (TPSA) is 64.4 Å². The fourth-order valence-corrected chi connectivity index (χ4v) is 3.21. The van der Waals surface area contributed by atoms with E-state index in [1.54, 1.807) is 19.2 Å². The number of benzene rings is 2. The highest BCUT2D eigenvalue weighted by Gasteiger charge is 2.33. The van der Waals surface area contributed by atoms with Crippen LogP contribution in [-0.4, -0.2) is 23.8 Å². The molecule has 0 aliphatic rings. The van der Waals surface area contributed by atoms with Crippen LogP contribution in [0.4, 0.5) is 18.9 Å². The van der Waals surface area contributed by atoms with E-state index in [1.165, 1.54) is 36.2 Å². The first-order valence-corrected chi connectivity index (χ1v) is 9.65. The summed E-state index contributed by atoms with van der Waals surface area (Å²) >= 11 is 1.23. The number of amides is 1. The molecule has 0 unspecified atom stereocenters. The molecule has 1 N–H and O–H groups in total. The van der Waals surface area contributed by atoms with E-state index in [0.717, 1.165) is 11.6 Å². The number of para-hydroxylation sites is 1. The summed E-state index contributed by atoms with van der Waals surface area (Å²) in [6.45, 7) is 0. The number of halogens is 3. The average Bonchev–Trinajstić information content (AvgIpc) is 3.16. The lowest BCUT2D eigenvalue weighted by Gasteiger charge is -2.13. The molecule has 0 saturated heterocycles. The van der Waals surface area contributed by atoms with Crippen LogP contribution in [0.5, 0.6) is 5.75 Å². The molecule has 0 radical (unpaired) electrons. The van der Waals surface area contributed by atoms with Crippen LogP contribution in [0.25, 0.3) is 11.5 Å². The van der Waals surface area contributed by atoms with Crippen LogP contribution < -0.4 is 10.1 Å². The molecule has 1 aromatic heterocycles. The Balaban J connectivity index is 1.53. The van der Waals surface area contributed by atoms with E-state index in [0.29, 0.717) is 23.1 Å². The van der Waals surface area contributed by atoms with E-state index >= 15 is 0 Å². The second-order valence-corrected chi connectivity index (χ2v) is 6.94. The number of carbonyl (C=O) groups excluding carboxylic acids is 1. The van der Waals surface area contributed by atoms with Crippen molar-refractivity contribution < 1.29 is 27.1 Å². The van der Waals surface area contributed by atoms with Crippen LogP contribution in [-0.2, 0) is 16.7 Å². The molecule has 0 atom stereocenters. The molecule has 9 heteroatoms. The van der Waals surface area contributed by atoms with Gasteiger partial charge in [-0.1, -0.05) is 12.1 Å². The highest BCUT2D eigenvalue weighted by Crippen LogP contribution is 2.34. The summed E-state index contributed by atoms with van der Waals surface area (Å²) < 4.78 is 49.5. The fourth-order valence-electron chi connectivity index (χ4n) is 2.51. The number of ether oxygens (including phenoxy) is 1. The predicted molar refractivity (Wildman–Crippen MR) is 105 cm³/mol. The normalized spacial score (nSPS) is 11.3. The monoisotopic (exact) mass is 422 g/mol. The van der Waals surface area contributed by atoms with Crippen molar-refractivity contribution in [2.45, 2.75) is 11.9 Å². The van der Waals surface area contributed by atoms with Crippen molar-refractivity contribution in [1.29, 1.82) is 0 Å². The van der Waals surface area contributed by atoms with Crippen molar-refractivity contribution >= 4 is 23.4 Å². The highest BCUT2D eigenvalue weighted by atomic mass is 32.2. The van der Waals surface area contributed by atoms with E-state index in [9.17, 15) is 18.0 Å². The Morgan fingerprint density at radius 1 is 1.17 bits per heavy atom. The van der Waals surface area contributed by atoms with Gasteiger partial charge in [-0.2, -0.15) is 13.2 Å². The third-order valence-corrected chi connectivity index (χ3v) is 4.84. The zero-order valence-corrected chi connectivity index (χ0v) is 16.1. The van der Waals surface area contributed by atoms with Gasteiger partial charge in [-0.05, 0) is 36.4 Å². The van der Waals surface area contributed by atoms with Gasteiger partial charge in [0.25, 0.3) is 0 Å². The standard InChI is InChI=1S/C20H17F3N2O3S/c1-27-15-8-6-13(7-9-15)19-24-14(10-28-19)11-29-12-18(26)25-17-5-3-2-4-16(17)20(21,22)23/h2-10H,11-12H2,1H3,(H,25,26). The molecule has 29 heavy (non-hydrogen) atoms. The molecule has 2 aromatic carbocycles. The maximum Gasteiger partial charge on any atom is 0.418 e. The lowest BCUT2D eigenvalue weighted by atomic mass is 10.1. The maximum atomic E-state index is 13.0. The molecule has 5 nitrogen and oxygen atoms in total. The number of carbonyl (C=O) groups is 1. The summed E-state index contributed by atoms with van der Waals surface area (Å²) in [4.78, 5) is 16.4. The van der Waals surface area contributed by atoms with Gasteiger partial charge < -0.3 is 14.5 Å². The summed E-state index contributed by atoms with van der Waals surface area (Å²) in [5, 5.41) is 2.31. The Labute approximate surface area is 169 Å². The number of aromatic nitrogens is 1. The van der Waals surface area contributed by atoms with Crippen LogP contribution in [0.3, 0.4) is 0 Å². The minimum absolute atomic E-state index is 0.0169. The molecule has 152 valence electrons. The van der Waals surface area contributed by atoms with Crippen molar-refractivity contribution in [3.05, 3.63) is 66.1 Å². The van der Waals surface area contributed by atoms with E-state index < -0.39 is 17.6 Å². The first kappa shape index (κ1) is 20.8. The Morgan fingerprint density at radius 3 is 2.59 bits per heavy atom. The van der Waals surface area contributed by atoms with Crippen LogP contribution in [0.1, 0.15) is 11.3 Å². The molecule has 3 rings (SSSR count). The molecule has 0 aliphatic carbocycles. The number of thioether (sulfide) groups is 1. The Hall–Kier alpha value is -2.94. The van der Waals surface area contributed by atoms with Gasteiger partial charge in [-0.15, -0.1) is 11.8 Å². The number of nitrogens with zero attached hydrogens (tertiary/aromatic N) is 1. The van der Waals surface area contributed by atoms with Crippen molar-refractivity contribution in [2.24, 2.45) is 0 Å². The third kappa shape index (κ3) is 5.54. The largest absolute Gasteiger partial charge is 0.497 e. The lowest BCUT2D eigenvalue weighted by molar-refractivity contribution is -0.137. The minimum Gasteiger partial charge on any atom is -0.497 e. The zero-order chi connectivity index (χ0) is 20.9. The van der Waals surface area contributed by atoms with Crippen molar-refractivity contribution in [1.82, 2.24) is 4.98 Å². The molecule has 0 aliphatic heterocycles. The molecule has 1 heterocycles. The first-order chi connectivity index (χ1) is 13.9. The number of alkyl halides is 3. The summed E-state index contributed by atoms with van der Waals surface area (Å²) in [5.74, 6) is 0.997. The second kappa shape index (κ2) is 9.04. The van der Waals surface area contributed by atoms with Gasteiger partial charge >= 0.3 is 6.18 Å². The van der Waals surface area contributed by atoms with Crippen molar-refractivity contribution in [3.8, 4) is 17.2 Å². The molecule has 0 bridgehead atoms. The number of hydrogen-bond acceptors (Lipinski definition) is 5. The summed E-state index contributed by atoms with van der Waals surface area (Å²) in [7, 11) is 1.58. The summed E-state index contributed by atoms with van der Waals surface area (Å²) in [5.41, 5.74) is 0.278. The Morgan fingerprint density at radius 2 is 1.90 bits per heavy atom. The number of hydrogen-bond donors (Lipinski definition) is 1. The number of oxazole rings is 1. The van der Waals surface area contributed by atoms with Crippen molar-refractivity contribution in [2.75, 3.05) is 18.2 Å². The fraction of sp³-hybridized carbons (Fsp3) is 0.200. The molecule has 3 aromatic rings. The van der Waals surface area contributed by atoms with Gasteiger partial charge in [0.2, 0.25) is 11.8 Å². The summed E-state index contributed by atoms with van der Waals surface area (Å²) in [6, 6.07) is 12.1. The highest BCUT2D eigenvalue weighted by molar-refractivity contribution is 7.99. The van der Waals surface area contributed by atoms with Crippen molar-refractivity contribution in [3.63, 3.8) is 0 Å². The van der Waals surface area contributed by atoms with E-state index in [2.05, 4.69) is 10.3 Å². The SMILES string of the molecule is COc1ccc(-c2nc(CSCC(=O)Nc3ccccc3C(F)(F)F)co2)cc1. The van der Waals surface area contributed by atoms with Gasteiger partial charge in [-0.3, -0.25) is 4.79 Å². The minimum atomic E-state index is -4.53. The third-order valence-electron chi connectivity index (χ3n) is 3.88. The molecule has 0 fully saturated rings. The van der Waals surface area contributed by atoms with Gasteiger partial charge in [0.15, 0.2) is 0 Å². The summed E-state index contributed by atoms with van der Waals surface area (Å²) in [6.07, 6.45) is -3.04. The van der Waals surface area contributed by atoms with Crippen LogP contribution in [0, 0.1) is 0 Å². The van der Waals surface area contributed by atoms with Crippen LogP contribution in [0.15, 0.2) is 59.2 Å². The first-order valence-electron chi connectivity index (χ1n) is 8.49. The number of methoxy groups -OCH3 is 1. The average molecular weight is 422 g/mol. The van der Waals surface area contributed by atoms with E-state index in [1.807, 2.05) is 12.1 Å². The molecule has 0 saturated carbocycles. The molecule has 1 amide bonds. The zero-order valence-electron chi connectivity index (χ0n) is 15.3. The maximum absolute atomic E-state index is 13.0. The van der Waals surface area contributed by atoms with Crippen LogP contribution in [0.2, 0.25) is 0 Å². The second-order valence-electron chi connectivity index (χ2n) is 5.96. The number of rotatable bonds is 7. The molecular weight excluding hydrogens is 405 g/mol. The van der Waals surface area contributed by atoms with E-state index in [-0.39, 0.29) is 11.4 Å². The Kier molecular flexibility index (Phi) is 6.48. The molecular formula is C20H17F3N2O3S. The van der Waals surface area contributed by atoms with Crippen LogP contribution >= 0.6 is 11.8 Å². The number of anilines is 1. The number of nitrogens with one attached hydrogen (secondary N) is 1.